The van der Waals surface area contributed by atoms with E-state index in [0.29, 0.717) is 24.7 Å². The lowest BCUT2D eigenvalue weighted by Crippen LogP contribution is -2.46. The van der Waals surface area contributed by atoms with Gasteiger partial charge in [-0.1, -0.05) is 12.1 Å². The standard InChI is InChI=1S/C19H23FN4O3.ClH/c1-19(12-2-4-13(20)5-3-12)17(26)24(18(27)22-19)11-16(25)23-9-8-14-6-7-15(10-23)21-14;/h2-5,14-15,21H,6-11H2,1H3,(H,22,27);1H. The third-order valence-electron chi connectivity index (χ3n) is 5.87. The highest BCUT2D eigenvalue weighted by atomic mass is 35.5. The van der Waals surface area contributed by atoms with Crippen LogP contribution in [0.2, 0.25) is 0 Å². The molecule has 0 spiro atoms. The molecule has 3 aliphatic rings. The van der Waals surface area contributed by atoms with Crippen molar-refractivity contribution in [1.82, 2.24) is 20.4 Å². The third-order valence-corrected chi connectivity index (χ3v) is 5.87. The van der Waals surface area contributed by atoms with Crippen LogP contribution in [-0.4, -0.2) is 59.4 Å². The van der Waals surface area contributed by atoms with Crippen LogP contribution in [0.4, 0.5) is 9.18 Å². The number of rotatable bonds is 3. The lowest BCUT2D eigenvalue weighted by Gasteiger charge is -2.26. The summed E-state index contributed by atoms with van der Waals surface area (Å²) in [6.07, 6.45) is 3.06. The summed E-state index contributed by atoms with van der Waals surface area (Å²) < 4.78 is 13.2. The molecule has 9 heteroatoms. The molecule has 3 atom stereocenters. The highest BCUT2D eigenvalue weighted by Gasteiger charge is 2.49. The van der Waals surface area contributed by atoms with Crippen molar-refractivity contribution in [2.24, 2.45) is 0 Å². The summed E-state index contributed by atoms with van der Waals surface area (Å²) in [5, 5.41) is 6.15. The van der Waals surface area contributed by atoms with Crippen LogP contribution >= 0.6 is 12.4 Å². The summed E-state index contributed by atoms with van der Waals surface area (Å²) in [5.41, 5.74) is -0.821. The van der Waals surface area contributed by atoms with E-state index in [-0.39, 0.29) is 30.9 Å². The Morgan fingerprint density at radius 1 is 1.18 bits per heavy atom. The van der Waals surface area contributed by atoms with Gasteiger partial charge in [-0.25, -0.2) is 9.18 Å². The normalized spacial score (nSPS) is 29.4. The van der Waals surface area contributed by atoms with Crippen LogP contribution in [0.15, 0.2) is 24.3 Å². The summed E-state index contributed by atoms with van der Waals surface area (Å²) in [6, 6.07) is 5.56. The summed E-state index contributed by atoms with van der Waals surface area (Å²) in [6.45, 7) is 2.53. The maximum absolute atomic E-state index is 13.2. The zero-order valence-corrected chi connectivity index (χ0v) is 16.4. The fourth-order valence-corrected chi connectivity index (χ4v) is 4.22. The van der Waals surface area contributed by atoms with Gasteiger partial charge in [-0.3, -0.25) is 14.5 Å². The van der Waals surface area contributed by atoms with E-state index in [1.807, 2.05) is 0 Å². The highest BCUT2D eigenvalue weighted by Crippen LogP contribution is 2.29. The third kappa shape index (κ3) is 3.58. The average molecular weight is 411 g/mol. The number of carbonyl (C=O) groups is 3. The summed E-state index contributed by atoms with van der Waals surface area (Å²) in [5.74, 6) is -1.15. The molecule has 28 heavy (non-hydrogen) atoms. The van der Waals surface area contributed by atoms with Crippen LogP contribution in [0.1, 0.15) is 31.7 Å². The van der Waals surface area contributed by atoms with E-state index in [2.05, 4.69) is 10.6 Å². The van der Waals surface area contributed by atoms with E-state index in [1.54, 1.807) is 11.8 Å². The van der Waals surface area contributed by atoms with Crippen LogP contribution in [-0.2, 0) is 15.1 Å². The van der Waals surface area contributed by atoms with Crippen molar-refractivity contribution in [1.29, 1.82) is 0 Å². The molecular weight excluding hydrogens is 387 g/mol. The molecule has 1 aromatic rings. The zero-order chi connectivity index (χ0) is 19.2. The maximum atomic E-state index is 13.2. The number of hydrogen-bond donors (Lipinski definition) is 2. The first-order valence-corrected chi connectivity index (χ1v) is 9.31. The molecule has 0 radical (unpaired) electrons. The topological polar surface area (TPSA) is 81.8 Å². The lowest BCUT2D eigenvalue weighted by atomic mass is 9.92. The molecule has 7 nitrogen and oxygen atoms in total. The van der Waals surface area contributed by atoms with Gasteiger partial charge in [-0.05, 0) is 43.9 Å². The van der Waals surface area contributed by atoms with Gasteiger partial charge in [-0.2, -0.15) is 0 Å². The average Bonchev–Trinajstić information content (AvgIpc) is 3.07. The Balaban J connectivity index is 0.00000225. The molecule has 2 N–H and O–H groups in total. The second kappa shape index (κ2) is 7.67. The van der Waals surface area contributed by atoms with Gasteiger partial charge in [0.05, 0.1) is 0 Å². The maximum Gasteiger partial charge on any atom is 0.325 e. The number of hydrogen-bond acceptors (Lipinski definition) is 4. The number of nitrogens with zero attached hydrogens (tertiary/aromatic N) is 2. The lowest BCUT2D eigenvalue weighted by molar-refractivity contribution is -0.139. The van der Waals surface area contributed by atoms with Gasteiger partial charge < -0.3 is 15.5 Å². The monoisotopic (exact) mass is 410 g/mol. The van der Waals surface area contributed by atoms with Gasteiger partial charge in [0, 0.05) is 25.2 Å². The van der Waals surface area contributed by atoms with E-state index in [4.69, 9.17) is 0 Å². The molecule has 0 saturated carbocycles. The van der Waals surface area contributed by atoms with Crippen molar-refractivity contribution in [2.45, 2.75) is 43.8 Å². The summed E-state index contributed by atoms with van der Waals surface area (Å²) >= 11 is 0. The van der Waals surface area contributed by atoms with Crippen LogP contribution in [0.5, 0.6) is 0 Å². The van der Waals surface area contributed by atoms with Crippen LogP contribution in [0, 0.1) is 5.82 Å². The molecular formula is C19H24ClFN4O3. The molecule has 0 aromatic heterocycles. The Bertz CT molecular complexity index is 790. The molecule has 2 bridgehead atoms. The number of amides is 4. The minimum atomic E-state index is -1.30. The Kier molecular flexibility index (Phi) is 5.63. The molecule has 4 amide bonds. The van der Waals surface area contributed by atoms with Crippen molar-refractivity contribution in [2.75, 3.05) is 19.6 Å². The number of urea groups is 1. The van der Waals surface area contributed by atoms with Crippen molar-refractivity contribution >= 4 is 30.3 Å². The molecule has 3 saturated heterocycles. The largest absolute Gasteiger partial charge is 0.340 e. The molecule has 3 unspecified atom stereocenters. The van der Waals surface area contributed by atoms with E-state index >= 15 is 0 Å². The zero-order valence-electron chi connectivity index (χ0n) is 15.6. The van der Waals surface area contributed by atoms with Gasteiger partial charge in [0.25, 0.3) is 5.91 Å². The van der Waals surface area contributed by atoms with E-state index in [0.717, 1.165) is 24.2 Å². The van der Waals surface area contributed by atoms with Crippen LogP contribution in [0.25, 0.3) is 0 Å². The predicted molar refractivity (Wildman–Crippen MR) is 102 cm³/mol. The van der Waals surface area contributed by atoms with Crippen molar-refractivity contribution in [3.8, 4) is 0 Å². The summed E-state index contributed by atoms with van der Waals surface area (Å²) in [4.78, 5) is 40.7. The highest BCUT2D eigenvalue weighted by molar-refractivity contribution is 6.09. The number of benzene rings is 1. The Labute approximate surface area is 169 Å². The molecule has 152 valence electrons. The Hall–Kier alpha value is -2.19. The number of imide groups is 1. The van der Waals surface area contributed by atoms with Crippen LogP contribution in [0.3, 0.4) is 0 Å². The molecule has 4 rings (SSSR count). The molecule has 1 aromatic carbocycles. The fourth-order valence-electron chi connectivity index (χ4n) is 4.22. The van der Waals surface area contributed by atoms with E-state index < -0.39 is 23.3 Å². The minimum absolute atomic E-state index is 0. The van der Waals surface area contributed by atoms with Gasteiger partial charge in [0.2, 0.25) is 5.91 Å². The molecule has 3 fully saturated rings. The van der Waals surface area contributed by atoms with Gasteiger partial charge >= 0.3 is 6.03 Å². The van der Waals surface area contributed by atoms with Gasteiger partial charge in [0.1, 0.15) is 17.9 Å². The first kappa shape index (κ1) is 20.5. The number of halogens is 2. The number of likely N-dealkylation sites (tertiary alicyclic amines) is 1. The Morgan fingerprint density at radius 3 is 2.57 bits per heavy atom. The first-order chi connectivity index (χ1) is 12.9. The number of nitrogens with one attached hydrogen (secondary N) is 2. The molecule has 3 heterocycles. The number of fused-ring (bicyclic) bond motifs is 2. The summed E-state index contributed by atoms with van der Waals surface area (Å²) in [7, 11) is 0. The smallest absolute Gasteiger partial charge is 0.325 e. The number of carbonyl (C=O) groups excluding carboxylic acids is 3. The predicted octanol–water partition coefficient (Wildman–Crippen LogP) is 1.37. The SMILES string of the molecule is CC1(c2ccc(F)cc2)NC(=O)N(CC(=O)N2CCC3CCC(C2)N3)C1=O.Cl. The van der Waals surface area contributed by atoms with E-state index in [1.165, 1.54) is 24.3 Å². The molecule has 3 aliphatic heterocycles. The Morgan fingerprint density at radius 2 is 1.86 bits per heavy atom. The first-order valence-electron chi connectivity index (χ1n) is 9.31. The van der Waals surface area contributed by atoms with Crippen LogP contribution < -0.4 is 10.6 Å². The quantitative estimate of drug-likeness (QED) is 0.737. The van der Waals surface area contributed by atoms with Gasteiger partial charge in [-0.15, -0.1) is 12.4 Å². The second-order valence-electron chi connectivity index (χ2n) is 7.72. The van der Waals surface area contributed by atoms with Crippen molar-refractivity contribution in [3.05, 3.63) is 35.6 Å². The minimum Gasteiger partial charge on any atom is -0.340 e. The van der Waals surface area contributed by atoms with Gasteiger partial charge in [0.15, 0.2) is 0 Å². The van der Waals surface area contributed by atoms with Crippen molar-refractivity contribution in [3.63, 3.8) is 0 Å². The van der Waals surface area contributed by atoms with Crippen molar-refractivity contribution < 1.29 is 18.8 Å². The fraction of sp³-hybridized carbons (Fsp3) is 0.526. The van der Waals surface area contributed by atoms with E-state index in [9.17, 15) is 18.8 Å². The second-order valence-corrected chi connectivity index (χ2v) is 7.72. The molecule has 0 aliphatic carbocycles.